The Morgan fingerprint density at radius 3 is 2.53 bits per heavy atom. The number of nitrogens with zero attached hydrogens (tertiary/aromatic N) is 1. The fourth-order valence-corrected chi connectivity index (χ4v) is 1.63. The lowest BCUT2D eigenvalue weighted by Crippen LogP contribution is -2.10. The van der Waals surface area contributed by atoms with E-state index in [4.69, 9.17) is 16.2 Å². The number of aromatic nitrogens is 1. The molecule has 0 aliphatic heterocycles. The Morgan fingerprint density at radius 2 is 1.95 bits per heavy atom. The topological polar surface area (TPSA) is 91.2 Å². The van der Waals surface area contributed by atoms with Crippen LogP contribution in [0.25, 0.3) is 0 Å². The number of rotatable bonds is 4. The molecule has 0 saturated heterocycles. The van der Waals surface area contributed by atoms with E-state index in [9.17, 15) is 4.79 Å². The summed E-state index contributed by atoms with van der Waals surface area (Å²) in [5.74, 6) is 0.565. The Kier molecular flexibility index (Phi) is 3.77. The van der Waals surface area contributed by atoms with E-state index in [-0.39, 0.29) is 6.04 Å². The smallest absolute Gasteiger partial charge is 0.248 e. The number of hydrogen-bond donors (Lipinski definition) is 2. The van der Waals surface area contributed by atoms with Crippen LogP contribution in [0.1, 0.15) is 28.9 Å². The summed E-state index contributed by atoms with van der Waals surface area (Å²) in [6.07, 6.45) is 1.64. The molecule has 0 bridgehead atoms. The molecule has 0 radical (unpaired) electrons. The first kappa shape index (κ1) is 13.0. The number of primary amides is 1. The lowest BCUT2D eigenvalue weighted by Gasteiger charge is -2.12. The Balaban J connectivity index is 2.24. The molecule has 0 spiro atoms. The van der Waals surface area contributed by atoms with E-state index < -0.39 is 5.91 Å². The molecule has 0 saturated carbocycles. The summed E-state index contributed by atoms with van der Waals surface area (Å²) >= 11 is 0. The minimum atomic E-state index is -0.472. The van der Waals surface area contributed by atoms with Crippen molar-refractivity contribution in [3.8, 4) is 11.6 Å². The van der Waals surface area contributed by atoms with E-state index in [0.29, 0.717) is 17.2 Å². The molecule has 19 heavy (non-hydrogen) atoms. The van der Waals surface area contributed by atoms with Crippen molar-refractivity contribution in [1.29, 1.82) is 0 Å². The Morgan fingerprint density at radius 1 is 1.26 bits per heavy atom. The number of carbonyl (C=O) groups is 1. The second kappa shape index (κ2) is 5.49. The largest absolute Gasteiger partial charge is 0.439 e. The quantitative estimate of drug-likeness (QED) is 0.876. The average Bonchev–Trinajstić information content (AvgIpc) is 2.39. The van der Waals surface area contributed by atoms with E-state index in [1.807, 2.05) is 19.1 Å². The van der Waals surface area contributed by atoms with Crippen molar-refractivity contribution in [1.82, 2.24) is 4.98 Å². The first-order valence-electron chi connectivity index (χ1n) is 5.86. The maximum absolute atomic E-state index is 11.0. The van der Waals surface area contributed by atoms with Gasteiger partial charge < -0.3 is 16.2 Å². The standard InChI is InChI=1S/C14H15N3O2/c1-9(15)12-3-2-8-17-14(12)19-11-6-4-10(5-7-11)13(16)18/h2-9H,15H2,1H3,(H2,16,18)/t9-/m1/s1. The second-order valence-corrected chi connectivity index (χ2v) is 4.18. The predicted molar refractivity (Wildman–Crippen MR) is 71.9 cm³/mol. The fourth-order valence-electron chi connectivity index (χ4n) is 1.63. The number of benzene rings is 1. The maximum Gasteiger partial charge on any atom is 0.248 e. The Bertz CT molecular complexity index is 579. The number of nitrogens with two attached hydrogens (primary N) is 2. The third kappa shape index (κ3) is 3.08. The molecule has 98 valence electrons. The molecule has 0 aliphatic carbocycles. The molecule has 2 aromatic rings. The van der Waals surface area contributed by atoms with Crippen molar-refractivity contribution in [2.24, 2.45) is 11.5 Å². The lowest BCUT2D eigenvalue weighted by atomic mass is 10.1. The molecule has 5 nitrogen and oxygen atoms in total. The van der Waals surface area contributed by atoms with E-state index in [1.54, 1.807) is 30.5 Å². The first-order valence-corrected chi connectivity index (χ1v) is 5.86. The molecule has 4 N–H and O–H groups in total. The fraction of sp³-hybridized carbons (Fsp3) is 0.143. The van der Waals surface area contributed by atoms with Crippen LogP contribution in [0.15, 0.2) is 42.6 Å². The van der Waals surface area contributed by atoms with Crippen LogP contribution < -0.4 is 16.2 Å². The molecular weight excluding hydrogens is 242 g/mol. The molecule has 1 aromatic heterocycles. The average molecular weight is 257 g/mol. The third-order valence-electron chi connectivity index (χ3n) is 2.64. The number of pyridine rings is 1. The highest BCUT2D eigenvalue weighted by molar-refractivity contribution is 5.92. The van der Waals surface area contributed by atoms with Crippen LogP contribution in [0.2, 0.25) is 0 Å². The SMILES string of the molecule is C[C@@H](N)c1cccnc1Oc1ccc(C(N)=O)cc1. The molecule has 1 amide bonds. The Labute approximate surface area is 111 Å². The number of ether oxygens (including phenoxy) is 1. The molecule has 1 aromatic carbocycles. The summed E-state index contributed by atoms with van der Waals surface area (Å²) in [6, 6.07) is 10.0. The highest BCUT2D eigenvalue weighted by Crippen LogP contribution is 2.26. The van der Waals surface area contributed by atoms with Crippen molar-refractivity contribution in [3.63, 3.8) is 0 Å². The van der Waals surface area contributed by atoms with Gasteiger partial charge in [0, 0.05) is 23.4 Å². The molecule has 0 fully saturated rings. The zero-order chi connectivity index (χ0) is 13.8. The molecular formula is C14H15N3O2. The summed E-state index contributed by atoms with van der Waals surface area (Å²) in [5.41, 5.74) is 12.3. The zero-order valence-electron chi connectivity index (χ0n) is 10.5. The highest BCUT2D eigenvalue weighted by Gasteiger charge is 2.10. The van der Waals surface area contributed by atoms with Crippen LogP contribution in [0.3, 0.4) is 0 Å². The summed E-state index contributed by atoms with van der Waals surface area (Å²) in [5, 5.41) is 0. The van der Waals surface area contributed by atoms with Crippen molar-refractivity contribution in [3.05, 3.63) is 53.7 Å². The highest BCUT2D eigenvalue weighted by atomic mass is 16.5. The van der Waals surface area contributed by atoms with Gasteiger partial charge in [0.1, 0.15) is 5.75 Å². The normalized spacial score (nSPS) is 11.9. The van der Waals surface area contributed by atoms with Gasteiger partial charge >= 0.3 is 0 Å². The molecule has 2 rings (SSSR count). The number of hydrogen-bond acceptors (Lipinski definition) is 4. The van der Waals surface area contributed by atoms with Gasteiger partial charge in [-0.25, -0.2) is 4.98 Å². The Hall–Kier alpha value is -2.40. The van der Waals surface area contributed by atoms with Gasteiger partial charge in [0.15, 0.2) is 0 Å². The van der Waals surface area contributed by atoms with Gasteiger partial charge in [0.25, 0.3) is 0 Å². The third-order valence-corrected chi connectivity index (χ3v) is 2.64. The lowest BCUT2D eigenvalue weighted by molar-refractivity contribution is 0.100. The van der Waals surface area contributed by atoms with E-state index in [0.717, 1.165) is 5.56 Å². The van der Waals surface area contributed by atoms with Crippen LogP contribution in [0.5, 0.6) is 11.6 Å². The first-order chi connectivity index (χ1) is 9.08. The molecule has 1 heterocycles. The number of carbonyl (C=O) groups excluding carboxylic acids is 1. The van der Waals surface area contributed by atoms with Crippen LogP contribution >= 0.6 is 0 Å². The van der Waals surface area contributed by atoms with Gasteiger partial charge in [-0.2, -0.15) is 0 Å². The van der Waals surface area contributed by atoms with Gasteiger partial charge in [-0.05, 0) is 37.3 Å². The van der Waals surface area contributed by atoms with Crippen molar-refractivity contribution >= 4 is 5.91 Å². The van der Waals surface area contributed by atoms with Crippen LogP contribution in [0, 0.1) is 0 Å². The summed E-state index contributed by atoms with van der Waals surface area (Å²) in [6.45, 7) is 1.86. The zero-order valence-corrected chi connectivity index (χ0v) is 10.5. The van der Waals surface area contributed by atoms with E-state index in [2.05, 4.69) is 4.98 Å². The van der Waals surface area contributed by atoms with Crippen molar-refractivity contribution in [2.45, 2.75) is 13.0 Å². The number of amides is 1. The van der Waals surface area contributed by atoms with Gasteiger partial charge in [-0.1, -0.05) is 6.07 Å². The van der Waals surface area contributed by atoms with Gasteiger partial charge in [0.05, 0.1) is 0 Å². The minimum Gasteiger partial charge on any atom is -0.439 e. The molecule has 5 heteroatoms. The molecule has 0 unspecified atom stereocenters. The van der Waals surface area contributed by atoms with Gasteiger partial charge in [-0.3, -0.25) is 4.79 Å². The summed E-state index contributed by atoms with van der Waals surface area (Å²) < 4.78 is 5.66. The van der Waals surface area contributed by atoms with Crippen LogP contribution in [-0.4, -0.2) is 10.9 Å². The van der Waals surface area contributed by atoms with Crippen molar-refractivity contribution < 1.29 is 9.53 Å². The van der Waals surface area contributed by atoms with Gasteiger partial charge in [0.2, 0.25) is 11.8 Å². The summed E-state index contributed by atoms with van der Waals surface area (Å²) in [7, 11) is 0. The van der Waals surface area contributed by atoms with Crippen molar-refractivity contribution in [2.75, 3.05) is 0 Å². The predicted octanol–water partition coefficient (Wildman–Crippen LogP) is 1.99. The van der Waals surface area contributed by atoms with Crippen LogP contribution in [0.4, 0.5) is 0 Å². The summed E-state index contributed by atoms with van der Waals surface area (Å²) in [4.78, 5) is 15.1. The van der Waals surface area contributed by atoms with Crippen LogP contribution in [-0.2, 0) is 0 Å². The molecule has 1 atom stereocenters. The maximum atomic E-state index is 11.0. The minimum absolute atomic E-state index is 0.173. The second-order valence-electron chi connectivity index (χ2n) is 4.18. The monoisotopic (exact) mass is 257 g/mol. The van der Waals surface area contributed by atoms with Gasteiger partial charge in [-0.15, -0.1) is 0 Å². The van der Waals surface area contributed by atoms with E-state index in [1.165, 1.54) is 0 Å². The molecule has 0 aliphatic rings. The van der Waals surface area contributed by atoms with E-state index >= 15 is 0 Å².